The van der Waals surface area contributed by atoms with Crippen LogP contribution in [0.1, 0.15) is 0 Å². The van der Waals surface area contributed by atoms with Crippen molar-refractivity contribution < 1.29 is 0 Å². The van der Waals surface area contributed by atoms with Gasteiger partial charge in [0.25, 0.3) is 0 Å². The Labute approximate surface area is 319 Å². The number of benzene rings is 8. The van der Waals surface area contributed by atoms with Crippen LogP contribution in [0.5, 0.6) is 0 Å². The van der Waals surface area contributed by atoms with Gasteiger partial charge in [-0.1, -0.05) is 121 Å². The van der Waals surface area contributed by atoms with Crippen LogP contribution in [0.4, 0.5) is 0 Å². The van der Waals surface area contributed by atoms with Crippen molar-refractivity contribution in [2.75, 3.05) is 0 Å². The van der Waals surface area contributed by atoms with Gasteiger partial charge in [-0.3, -0.25) is 0 Å². The SMILES string of the molecule is c1ccc(-c2nc3ccccc3nc2-c2cccc(-n3c4cc5c(cc4c4ccc6c7ccccc7sc6c43)c3ccccc3n5-c3ccccc3)c2)cc1. The Kier molecular flexibility index (Phi) is 6.47. The fraction of sp³-hybridized carbons (Fsp3) is 0. The Balaban J connectivity index is 1.21. The quantitative estimate of drug-likeness (QED) is 0.182. The Morgan fingerprint density at radius 2 is 0.964 bits per heavy atom. The van der Waals surface area contributed by atoms with E-state index >= 15 is 0 Å². The lowest BCUT2D eigenvalue weighted by Gasteiger charge is -2.14. The Morgan fingerprint density at radius 1 is 0.364 bits per heavy atom. The molecule has 0 aliphatic rings. The largest absolute Gasteiger partial charge is 0.309 e. The zero-order chi connectivity index (χ0) is 36.0. The Bertz CT molecular complexity index is 3480. The second kappa shape index (κ2) is 11.7. The molecule has 0 saturated carbocycles. The minimum Gasteiger partial charge on any atom is -0.309 e. The van der Waals surface area contributed by atoms with Crippen molar-refractivity contribution >= 4 is 86.2 Å². The summed E-state index contributed by atoms with van der Waals surface area (Å²) in [5.41, 5.74) is 12.6. The van der Waals surface area contributed by atoms with Crippen LogP contribution in [0, 0.1) is 0 Å². The predicted molar refractivity (Wildman–Crippen MR) is 232 cm³/mol. The number of para-hydroxylation sites is 4. The van der Waals surface area contributed by atoms with Gasteiger partial charge in [-0.2, -0.15) is 0 Å². The van der Waals surface area contributed by atoms with Gasteiger partial charge in [-0.05, 0) is 60.7 Å². The monoisotopic (exact) mass is 718 g/mol. The van der Waals surface area contributed by atoms with Crippen molar-refractivity contribution in [1.29, 1.82) is 0 Å². The lowest BCUT2D eigenvalue weighted by molar-refractivity contribution is 1.17. The molecule has 0 atom stereocenters. The topological polar surface area (TPSA) is 35.6 Å². The molecule has 0 unspecified atom stereocenters. The van der Waals surface area contributed by atoms with Crippen molar-refractivity contribution in [2.45, 2.75) is 0 Å². The zero-order valence-corrected chi connectivity index (χ0v) is 30.3. The number of rotatable bonds is 4. The van der Waals surface area contributed by atoms with Crippen LogP contribution in [-0.2, 0) is 0 Å². The molecule has 0 fully saturated rings. The van der Waals surface area contributed by atoms with Gasteiger partial charge in [0.15, 0.2) is 0 Å². The number of hydrogen-bond donors (Lipinski definition) is 0. The Hall–Kier alpha value is -7.08. The Morgan fingerprint density at radius 3 is 1.78 bits per heavy atom. The summed E-state index contributed by atoms with van der Waals surface area (Å²) in [6.07, 6.45) is 0. The van der Waals surface area contributed by atoms with Crippen molar-refractivity contribution in [3.63, 3.8) is 0 Å². The van der Waals surface area contributed by atoms with Gasteiger partial charge in [0, 0.05) is 59.5 Å². The summed E-state index contributed by atoms with van der Waals surface area (Å²) in [6.45, 7) is 0. The fourth-order valence-corrected chi connectivity index (χ4v) is 9.89. The highest BCUT2D eigenvalue weighted by atomic mass is 32.1. The van der Waals surface area contributed by atoms with Crippen LogP contribution in [0.25, 0.3) is 109 Å². The summed E-state index contributed by atoms with van der Waals surface area (Å²) < 4.78 is 7.49. The van der Waals surface area contributed by atoms with E-state index in [0.717, 1.165) is 50.4 Å². The molecule has 4 nitrogen and oxygen atoms in total. The molecular formula is C50H30N4S. The van der Waals surface area contributed by atoms with E-state index in [1.165, 1.54) is 58.3 Å². The average Bonchev–Trinajstić information content (AvgIpc) is 3.90. The van der Waals surface area contributed by atoms with E-state index in [-0.39, 0.29) is 0 Å². The van der Waals surface area contributed by atoms with Gasteiger partial charge in [-0.25, -0.2) is 9.97 Å². The predicted octanol–water partition coefficient (Wildman–Crippen LogP) is 13.5. The lowest BCUT2D eigenvalue weighted by Crippen LogP contribution is -1.98. The summed E-state index contributed by atoms with van der Waals surface area (Å²) in [5.74, 6) is 0. The molecule has 8 aromatic carbocycles. The van der Waals surface area contributed by atoms with E-state index < -0.39 is 0 Å². The molecule has 55 heavy (non-hydrogen) atoms. The molecule has 12 rings (SSSR count). The van der Waals surface area contributed by atoms with E-state index in [1.54, 1.807) is 0 Å². The van der Waals surface area contributed by atoms with Crippen molar-refractivity contribution in [2.24, 2.45) is 0 Å². The highest BCUT2D eigenvalue weighted by Gasteiger charge is 2.22. The summed E-state index contributed by atoms with van der Waals surface area (Å²) in [4.78, 5) is 10.5. The number of fused-ring (bicyclic) bond motifs is 11. The van der Waals surface area contributed by atoms with Crippen molar-refractivity contribution in [3.8, 4) is 33.9 Å². The first-order chi connectivity index (χ1) is 27.3. The molecular weight excluding hydrogens is 689 g/mol. The van der Waals surface area contributed by atoms with Crippen LogP contribution < -0.4 is 0 Å². The summed E-state index contributed by atoms with van der Waals surface area (Å²) in [7, 11) is 0. The second-order valence-corrected chi connectivity index (χ2v) is 15.2. The number of hydrogen-bond acceptors (Lipinski definition) is 3. The van der Waals surface area contributed by atoms with Gasteiger partial charge in [0.1, 0.15) is 0 Å². The number of aromatic nitrogens is 4. The molecule has 0 saturated heterocycles. The third-order valence-electron chi connectivity index (χ3n) is 11.1. The normalized spacial score (nSPS) is 12.0. The van der Waals surface area contributed by atoms with E-state index in [2.05, 4.69) is 161 Å². The molecule has 0 aliphatic carbocycles. The highest BCUT2D eigenvalue weighted by molar-refractivity contribution is 7.26. The standard InChI is InChI=1S/C50H30N4S/c1-3-14-31(15-4-1)47-48(52-42-23-10-9-22-41(42)51-47)32-16-13-19-34(28-32)54-45-30-44-39(35-20-7-11-24-43(35)53(44)33-17-5-2-6-18-33)29-40(45)37-26-27-38-36-21-8-12-25-46(36)55-50(38)49(37)54/h1-30H. The van der Waals surface area contributed by atoms with Gasteiger partial charge in [0.2, 0.25) is 0 Å². The molecule has 0 N–H and O–H groups in total. The van der Waals surface area contributed by atoms with Crippen LogP contribution >= 0.6 is 11.3 Å². The maximum Gasteiger partial charge on any atom is 0.0973 e. The van der Waals surface area contributed by atoms with E-state index in [4.69, 9.17) is 9.97 Å². The molecule has 0 radical (unpaired) electrons. The second-order valence-electron chi connectivity index (χ2n) is 14.2. The molecule has 0 aliphatic heterocycles. The summed E-state index contributed by atoms with van der Waals surface area (Å²) in [6, 6.07) is 65.2. The third kappa shape index (κ3) is 4.51. The molecule has 5 heteroatoms. The molecule has 0 amide bonds. The third-order valence-corrected chi connectivity index (χ3v) is 12.3. The first kappa shape index (κ1) is 30.4. The number of nitrogens with zero attached hydrogens (tertiary/aromatic N) is 4. The molecule has 0 spiro atoms. The van der Waals surface area contributed by atoms with Crippen LogP contribution in [0.3, 0.4) is 0 Å². The van der Waals surface area contributed by atoms with Gasteiger partial charge < -0.3 is 9.13 Å². The van der Waals surface area contributed by atoms with Gasteiger partial charge in [-0.15, -0.1) is 11.3 Å². The number of thiophene rings is 1. The van der Waals surface area contributed by atoms with Crippen LogP contribution in [0.15, 0.2) is 182 Å². The first-order valence-electron chi connectivity index (χ1n) is 18.6. The maximum absolute atomic E-state index is 5.28. The first-order valence-corrected chi connectivity index (χ1v) is 19.4. The zero-order valence-electron chi connectivity index (χ0n) is 29.5. The van der Waals surface area contributed by atoms with Crippen molar-refractivity contribution in [3.05, 3.63) is 182 Å². The molecule has 4 heterocycles. The van der Waals surface area contributed by atoms with E-state index in [1.807, 2.05) is 41.7 Å². The molecule has 0 bridgehead atoms. The summed E-state index contributed by atoms with van der Waals surface area (Å²) >= 11 is 1.88. The van der Waals surface area contributed by atoms with E-state index in [9.17, 15) is 0 Å². The van der Waals surface area contributed by atoms with Crippen LogP contribution in [-0.4, -0.2) is 19.1 Å². The average molecular weight is 719 g/mol. The fourth-order valence-electron chi connectivity index (χ4n) is 8.65. The minimum atomic E-state index is 0.867. The maximum atomic E-state index is 5.28. The molecule has 256 valence electrons. The van der Waals surface area contributed by atoms with E-state index in [0.29, 0.717) is 0 Å². The summed E-state index contributed by atoms with van der Waals surface area (Å²) in [5, 5.41) is 7.55. The van der Waals surface area contributed by atoms with Crippen molar-refractivity contribution in [1.82, 2.24) is 19.1 Å². The minimum absolute atomic E-state index is 0.867. The highest BCUT2D eigenvalue weighted by Crippen LogP contribution is 2.45. The van der Waals surface area contributed by atoms with Crippen LogP contribution in [0.2, 0.25) is 0 Å². The smallest absolute Gasteiger partial charge is 0.0973 e. The van der Waals surface area contributed by atoms with Gasteiger partial charge >= 0.3 is 0 Å². The lowest BCUT2D eigenvalue weighted by atomic mass is 10.0. The molecule has 4 aromatic heterocycles. The molecule has 12 aromatic rings. The van der Waals surface area contributed by atoms with Gasteiger partial charge in [0.05, 0.1) is 49.2 Å².